The molecule has 0 bridgehead atoms. The second kappa shape index (κ2) is 7.06. The van der Waals surface area contributed by atoms with Gasteiger partial charge in [-0.2, -0.15) is 21.6 Å². The molecule has 0 heterocycles. The van der Waals surface area contributed by atoms with Crippen LogP contribution in [0.25, 0.3) is 0 Å². The molecule has 5 nitrogen and oxygen atoms in total. The van der Waals surface area contributed by atoms with Gasteiger partial charge in [-0.3, -0.25) is 4.55 Å². The number of rotatable bonds is 3. The fourth-order valence-electron chi connectivity index (χ4n) is 0.303. The normalized spacial score (nSPS) is 19.2. The highest BCUT2D eigenvalue weighted by Gasteiger charge is 2.44. The lowest BCUT2D eigenvalue weighted by molar-refractivity contribution is -0.116. The van der Waals surface area contributed by atoms with Gasteiger partial charge in [0.2, 0.25) is 12.7 Å². The predicted molar refractivity (Wildman–Crippen MR) is 41.6 cm³/mol. The van der Waals surface area contributed by atoms with Crippen LogP contribution in [0.1, 0.15) is 0 Å². The Morgan fingerprint density at radius 2 is 1.00 bits per heavy atom. The van der Waals surface area contributed by atoms with Gasteiger partial charge < -0.3 is 10.2 Å². The van der Waals surface area contributed by atoms with E-state index >= 15 is 0 Å². The van der Waals surface area contributed by atoms with Gasteiger partial charge in [0.25, 0.3) is 0 Å². The maximum absolute atomic E-state index is 11.8. The van der Waals surface area contributed by atoms with Crippen molar-refractivity contribution in [2.45, 2.75) is 30.6 Å². The molecular weight excluding hydrogens is 305 g/mol. The lowest BCUT2D eigenvalue weighted by atomic mass is 10.2. The van der Waals surface area contributed by atoms with Crippen molar-refractivity contribution in [2.75, 3.05) is 0 Å². The Morgan fingerprint density at radius 3 is 1.06 bits per heavy atom. The molecule has 0 aromatic rings. The molecule has 0 aliphatic heterocycles. The second-order valence-corrected chi connectivity index (χ2v) is 3.97. The number of aliphatic hydroxyl groups is 2. The predicted octanol–water partition coefficient (Wildman–Crippen LogP) is 0.632. The molecule has 18 heavy (non-hydrogen) atoms. The summed E-state index contributed by atoms with van der Waals surface area (Å²) >= 11 is 0. The molecule has 0 aliphatic rings. The monoisotopic (exact) mass is 312 g/mol. The second-order valence-electron chi connectivity index (χ2n) is 2.55. The molecule has 0 fully saturated rings. The molecule has 13 heteroatoms. The summed E-state index contributed by atoms with van der Waals surface area (Å²) in [5.41, 5.74) is -5.53. The van der Waals surface area contributed by atoms with Crippen LogP contribution in [-0.2, 0) is 10.1 Å². The number of alkyl halides is 7. The van der Waals surface area contributed by atoms with E-state index in [1.807, 2.05) is 0 Å². The van der Waals surface area contributed by atoms with E-state index in [0.717, 1.165) is 0 Å². The first-order chi connectivity index (χ1) is 7.71. The molecule has 0 radical (unpaired) electrons. The van der Waals surface area contributed by atoms with Crippen LogP contribution in [0.5, 0.6) is 0 Å². The standard InChI is InChI=1S/C4H6F4O2.CHF3O3S/c5-1(3(7)9)2(6)4(8)10;2-1(3,4)8(5,6)7/h1-4,9-10H;(H,5,6,7). The summed E-state index contributed by atoms with van der Waals surface area (Å²) in [7, 11) is -5.84. The quantitative estimate of drug-likeness (QED) is 0.404. The van der Waals surface area contributed by atoms with Crippen LogP contribution in [0, 0.1) is 0 Å². The lowest BCUT2D eigenvalue weighted by Gasteiger charge is -2.13. The zero-order chi connectivity index (χ0) is 15.3. The van der Waals surface area contributed by atoms with Gasteiger partial charge >= 0.3 is 15.6 Å². The van der Waals surface area contributed by atoms with Crippen molar-refractivity contribution in [3.05, 3.63) is 0 Å². The molecular formula is C5H7F7O5S. The number of aliphatic hydroxyl groups excluding tert-OH is 2. The first kappa shape index (κ1) is 19.7. The van der Waals surface area contributed by atoms with Crippen LogP contribution in [0.15, 0.2) is 0 Å². The van der Waals surface area contributed by atoms with E-state index < -0.39 is 40.7 Å². The van der Waals surface area contributed by atoms with Crippen molar-refractivity contribution in [2.24, 2.45) is 0 Å². The number of hydrogen-bond acceptors (Lipinski definition) is 4. The Hall–Kier alpha value is -0.660. The molecule has 0 amide bonds. The van der Waals surface area contributed by atoms with Crippen LogP contribution < -0.4 is 0 Å². The van der Waals surface area contributed by atoms with E-state index in [1.54, 1.807) is 0 Å². The fraction of sp³-hybridized carbons (Fsp3) is 1.00. The van der Waals surface area contributed by atoms with E-state index in [2.05, 4.69) is 0 Å². The Kier molecular flexibility index (Phi) is 7.71. The summed E-state index contributed by atoms with van der Waals surface area (Å²) in [6, 6.07) is 0. The molecule has 0 rings (SSSR count). The molecule has 0 aromatic heterocycles. The highest BCUT2D eigenvalue weighted by Crippen LogP contribution is 2.20. The first-order valence-electron chi connectivity index (χ1n) is 3.68. The molecule has 0 aliphatic carbocycles. The molecule has 4 atom stereocenters. The largest absolute Gasteiger partial charge is 0.522 e. The Labute approximate surface area is 95.6 Å². The van der Waals surface area contributed by atoms with Gasteiger partial charge in [-0.25, -0.2) is 17.6 Å². The molecule has 0 spiro atoms. The first-order valence-corrected chi connectivity index (χ1v) is 5.12. The highest BCUT2D eigenvalue weighted by molar-refractivity contribution is 7.86. The van der Waals surface area contributed by atoms with Crippen molar-refractivity contribution in [3.8, 4) is 0 Å². The SMILES string of the molecule is O=S(=O)(O)C(F)(F)F.OC(F)C(F)C(F)C(O)F. The van der Waals surface area contributed by atoms with Crippen molar-refractivity contribution in [1.82, 2.24) is 0 Å². The van der Waals surface area contributed by atoms with Gasteiger partial charge in [0.05, 0.1) is 0 Å². The smallest absolute Gasteiger partial charge is 0.362 e. The van der Waals surface area contributed by atoms with Gasteiger partial charge in [-0.05, 0) is 0 Å². The van der Waals surface area contributed by atoms with E-state index in [-0.39, 0.29) is 0 Å². The molecule has 112 valence electrons. The summed E-state index contributed by atoms with van der Waals surface area (Å²) in [5.74, 6) is 0. The van der Waals surface area contributed by atoms with E-state index in [1.165, 1.54) is 0 Å². The summed E-state index contributed by atoms with van der Waals surface area (Å²) in [5, 5.41) is 15.4. The van der Waals surface area contributed by atoms with Crippen molar-refractivity contribution < 1.29 is 53.9 Å². The molecule has 3 N–H and O–H groups in total. The average Bonchev–Trinajstić information content (AvgIpc) is 2.12. The zero-order valence-electron chi connectivity index (χ0n) is 8.02. The van der Waals surface area contributed by atoms with E-state index in [0.29, 0.717) is 0 Å². The highest BCUT2D eigenvalue weighted by atomic mass is 32.2. The third-order valence-corrected chi connectivity index (χ3v) is 1.71. The Balaban J connectivity index is 0. The van der Waals surface area contributed by atoms with Gasteiger partial charge in [0.1, 0.15) is 0 Å². The summed E-state index contributed by atoms with van der Waals surface area (Å²) < 4.78 is 104. The molecule has 0 aromatic carbocycles. The molecule has 4 unspecified atom stereocenters. The lowest BCUT2D eigenvalue weighted by Crippen LogP contribution is -2.34. The van der Waals surface area contributed by atoms with Crippen molar-refractivity contribution in [1.29, 1.82) is 0 Å². The van der Waals surface area contributed by atoms with Gasteiger partial charge in [0, 0.05) is 0 Å². The van der Waals surface area contributed by atoms with Crippen LogP contribution >= 0.6 is 0 Å². The topological polar surface area (TPSA) is 94.8 Å². The minimum atomic E-state index is -5.84. The molecule has 0 saturated heterocycles. The van der Waals surface area contributed by atoms with Crippen molar-refractivity contribution in [3.63, 3.8) is 0 Å². The van der Waals surface area contributed by atoms with Crippen molar-refractivity contribution >= 4 is 10.1 Å². The van der Waals surface area contributed by atoms with Gasteiger partial charge in [-0.1, -0.05) is 0 Å². The summed E-state index contributed by atoms with van der Waals surface area (Å²) in [6.45, 7) is 0. The van der Waals surface area contributed by atoms with Gasteiger partial charge in [-0.15, -0.1) is 0 Å². The molecule has 0 saturated carbocycles. The van der Waals surface area contributed by atoms with E-state index in [9.17, 15) is 30.7 Å². The van der Waals surface area contributed by atoms with Crippen LogP contribution in [0.2, 0.25) is 0 Å². The number of hydrogen-bond donors (Lipinski definition) is 3. The fourth-order valence-corrected chi connectivity index (χ4v) is 0.303. The van der Waals surface area contributed by atoms with Crippen LogP contribution in [0.3, 0.4) is 0 Å². The maximum atomic E-state index is 11.8. The third-order valence-electron chi connectivity index (χ3n) is 1.12. The number of halogens is 7. The average molecular weight is 312 g/mol. The minimum Gasteiger partial charge on any atom is -0.362 e. The maximum Gasteiger partial charge on any atom is 0.522 e. The van der Waals surface area contributed by atoms with Crippen LogP contribution in [0.4, 0.5) is 30.7 Å². The summed E-state index contributed by atoms with van der Waals surface area (Å²) in [4.78, 5) is 0. The van der Waals surface area contributed by atoms with Crippen LogP contribution in [-0.4, -0.2) is 53.8 Å². The third kappa shape index (κ3) is 7.62. The zero-order valence-corrected chi connectivity index (χ0v) is 8.84. The minimum absolute atomic E-state index is 3.04. The summed E-state index contributed by atoms with van der Waals surface area (Å²) in [6.07, 6.45) is -12.3. The van der Waals surface area contributed by atoms with E-state index in [4.69, 9.17) is 23.2 Å². The Bertz CT molecular complexity index is 314. The Morgan fingerprint density at radius 1 is 0.833 bits per heavy atom. The van der Waals surface area contributed by atoms with Gasteiger partial charge in [0.15, 0.2) is 12.3 Å².